The Kier molecular flexibility index (Phi) is 4.94. The predicted molar refractivity (Wildman–Crippen MR) is 58.5 cm³/mol. The van der Waals surface area contributed by atoms with Crippen LogP contribution in [0.5, 0.6) is 11.8 Å². The number of nitrogens with one attached hydrogen (secondary N) is 1. The number of hydrogen-bond acceptors (Lipinski definition) is 6. The van der Waals surface area contributed by atoms with E-state index in [9.17, 15) is 0 Å². The monoisotopic (exact) mass is 227 g/mol. The van der Waals surface area contributed by atoms with Crippen LogP contribution in [-0.2, 0) is 6.54 Å². The van der Waals surface area contributed by atoms with Crippen LogP contribution in [0.2, 0.25) is 0 Å². The quantitative estimate of drug-likeness (QED) is 0.710. The highest BCUT2D eigenvalue weighted by Crippen LogP contribution is 2.22. The molecule has 0 fully saturated rings. The summed E-state index contributed by atoms with van der Waals surface area (Å²) in [5.74, 6) is 0.954. The fourth-order valence-electron chi connectivity index (χ4n) is 1.29. The highest BCUT2D eigenvalue weighted by molar-refractivity contribution is 5.34. The second kappa shape index (κ2) is 6.24. The zero-order chi connectivity index (χ0) is 12.0. The molecule has 0 amide bonds. The molecular formula is C10H17N3O3. The van der Waals surface area contributed by atoms with E-state index < -0.39 is 6.10 Å². The maximum atomic E-state index is 9.13. The summed E-state index contributed by atoms with van der Waals surface area (Å²) in [5.41, 5.74) is 0.744. The summed E-state index contributed by atoms with van der Waals surface area (Å²) in [6.45, 7) is 2.68. The van der Waals surface area contributed by atoms with Gasteiger partial charge in [-0.2, -0.15) is 0 Å². The summed E-state index contributed by atoms with van der Waals surface area (Å²) >= 11 is 0. The average molecular weight is 227 g/mol. The largest absolute Gasteiger partial charge is 0.481 e. The first kappa shape index (κ1) is 12.7. The molecule has 0 aliphatic heterocycles. The van der Waals surface area contributed by atoms with Crippen molar-refractivity contribution in [2.75, 3.05) is 20.8 Å². The van der Waals surface area contributed by atoms with Crippen molar-refractivity contribution in [3.63, 3.8) is 0 Å². The molecule has 0 aliphatic rings. The first-order chi connectivity index (χ1) is 7.69. The van der Waals surface area contributed by atoms with Crippen LogP contribution in [0.4, 0.5) is 0 Å². The number of rotatable bonds is 6. The Morgan fingerprint density at radius 1 is 1.31 bits per heavy atom. The molecule has 6 heteroatoms. The van der Waals surface area contributed by atoms with Gasteiger partial charge in [0, 0.05) is 13.1 Å². The highest BCUT2D eigenvalue weighted by Gasteiger charge is 2.12. The molecule has 1 unspecified atom stereocenters. The number of nitrogens with zero attached hydrogens (tertiary/aromatic N) is 2. The van der Waals surface area contributed by atoms with E-state index in [1.165, 1.54) is 6.33 Å². The van der Waals surface area contributed by atoms with Crippen molar-refractivity contribution in [1.82, 2.24) is 15.3 Å². The zero-order valence-corrected chi connectivity index (χ0v) is 9.73. The van der Waals surface area contributed by atoms with Crippen LogP contribution in [0.25, 0.3) is 0 Å². The van der Waals surface area contributed by atoms with Gasteiger partial charge in [-0.25, -0.2) is 9.97 Å². The fourth-order valence-corrected chi connectivity index (χ4v) is 1.29. The van der Waals surface area contributed by atoms with E-state index in [2.05, 4.69) is 15.3 Å². The van der Waals surface area contributed by atoms with Crippen molar-refractivity contribution in [3.05, 3.63) is 11.9 Å². The van der Waals surface area contributed by atoms with Crippen molar-refractivity contribution >= 4 is 0 Å². The number of aliphatic hydroxyl groups excluding tert-OH is 1. The van der Waals surface area contributed by atoms with Gasteiger partial charge in [-0.05, 0) is 6.92 Å². The van der Waals surface area contributed by atoms with Crippen molar-refractivity contribution in [2.24, 2.45) is 0 Å². The lowest BCUT2D eigenvalue weighted by atomic mass is 10.3. The van der Waals surface area contributed by atoms with E-state index in [1.54, 1.807) is 21.1 Å². The lowest BCUT2D eigenvalue weighted by Crippen LogP contribution is -2.24. The van der Waals surface area contributed by atoms with Gasteiger partial charge in [-0.1, -0.05) is 0 Å². The Hall–Kier alpha value is -1.40. The Balaban J connectivity index is 2.74. The number of methoxy groups -OCH3 is 2. The minimum Gasteiger partial charge on any atom is -0.481 e. The maximum Gasteiger partial charge on any atom is 0.224 e. The summed E-state index contributed by atoms with van der Waals surface area (Å²) in [5, 5.41) is 12.2. The number of hydrogen-bond donors (Lipinski definition) is 2. The topological polar surface area (TPSA) is 76.5 Å². The second-order valence-corrected chi connectivity index (χ2v) is 3.35. The van der Waals surface area contributed by atoms with Crippen LogP contribution in [0, 0.1) is 0 Å². The molecule has 0 saturated heterocycles. The number of aliphatic hydroxyl groups is 1. The van der Waals surface area contributed by atoms with E-state index in [0.29, 0.717) is 24.8 Å². The highest BCUT2D eigenvalue weighted by atomic mass is 16.5. The minimum absolute atomic E-state index is 0.401. The van der Waals surface area contributed by atoms with Crippen molar-refractivity contribution in [1.29, 1.82) is 0 Å². The van der Waals surface area contributed by atoms with E-state index in [1.807, 2.05) is 0 Å². The molecule has 2 N–H and O–H groups in total. The summed E-state index contributed by atoms with van der Waals surface area (Å²) in [6.07, 6.45) is 0.983. The second-order valence-electron chi connectivity index (χ2n) is 3.35. The van der Waals surface area contributed by atoms with Crippen molar-refractivity contribution in [3.8, 4) is 11.8 Å². The molecule has 0 aromatic carbocycles. The Labute approximate surface area is 94.6 Å². The van der Waals surface area contributed by atoms with E-state index in [0.717, 1.165) is 5.56 Å². The van der Waals surface area contributed by atoms with Gasteiger partial charge in [0.1, 0.15) is 6.33 Å². The molecule has 1 aromatic heterocycles. The van der Waals surface area contributed by atoms with Crippen LogP contribution < -0.4 is 14.8 Å². The molecule has 1 heterocycles. The Bertz CT molecular complexity index is 309. The van der Waals surface area contributed by atoms with Gasteiger partial charge in [0.15, 0.2) is 0 Å². The molecule has 90 valence electrons. The van der Waals surface area contributed by atoms with Gasteiger partial charge >= 0.3 is 0 Å². The molecule has 0 bridgehead atoms. The zero-order valence-electron chi connectivity index (χ0n) is 9.73. The summed E-state index contributed by atoms with van der Waals surface area (Å²) in [4.78, 5) is 7.98. The Morgan fingerprint density at radius 2 is 1.88 bits per heavy atom. The molecule has 0 saturated carbocycles. The maximum absolute atomic E-state index is 9.13. The normalized spacial score (nSPS) is 12.2. The molecule has 1 rings (SSSR count). The first-order valence-electron chi connectivity index (χ1n) is 4.99. The van der Waals surface area contributed by atoms with Gasteiger partial charge in [-0.3, -0.25) is 0 Å². The third kappa shape index (κ3) is 3.32. The third-order valence-electron chi connectivity index (χ3n) is 1.99. The van der Waals surface area contributed by atoms with Gasteiger partial charge in [0.05, 0.1) is 25.9 Å². The standard InChI is InChI=1S/C10H17N3O3/c1-7(14)4-11-5-8-9(15-2)12-6-13-10(8)16-3/h6-7,11,14H,4-5H2,1-3H3. The van der Waals surface area contributed by atoms with Crippen LogP contribution in [0.3, 0.4) is 0 Å². The molecule has 16 heavy (non-hydrogen) atoms. The van der Waals surface area contributed by atoms with Gasteiger partial charge in [0.2, 0.25) is 11.8 Å². The van der Waals surface area contributed by atoms with Crippen molar-refractivity contribution in [2.45, 2.75) is 19.6 Å². The van der Waals surface area contributed by atoms with Crippen LogP contribution >= 0.6 is 0 Å². The van der Waals surface area contributed by atoms with E-state index in [-0.39, 0.29) is 0 Å². The fraction of sp³-hybridized carbons (Fsp3) is 0.600. The van der Waals surface area contributed by atoms with E-state index in [4.69, 9.17) is 14.6 Å². The third-order valence-corrected chi connectivity index (χ3v) is 1.99. The number of aromatic nitrogens is 2. The summed E-state index contributed by atoms with van der Waals surface area (Å²) in [7, 11) is 3.08. The molecule has 1 aromatic rings. The molecule has 1 atom stereocenters. The minimum atomic E-state index is -0.401. The first-order valence-corrected chi connectivity index (χ1v) is 4.99. The molecule has 0 aliphatic carbocycles. The molecule has 0 radical (unpaired) electrons. The lowest BCUT2D eigenvalue weighted by molar-refractivity contribution is 0.190. The Morgan fingerprint density at radius 3 is 2.31 bits per heavy atom. The SMILES string of the molecule is COc1ncnc(OC)c1CNCC(C)O. The van der Waals surface area contributed by atoms with E-state index >= 15 is 0 Å². The van der Waals surface area contributed by atoms with Crippen LogP contribution in [0.15, 0.2) is 6.33 Å². The predicted octanol–water partition coefficient (Wildman–Crippen LogP) is -0.0358. The van der Waals surface area contributed by atoms with Gasteiger partial charge in [0.25, 0.3) is 0 Å². The van der Waals surface area contributed by atoms with Crippen LogP contribution in [0.1, 0.15) is 12.5 Å². The number of ether oxygens (including phenoxy) is 2. The molecule has 0 spiro atoms. The smallest absolute Gasteiger partial charge is 0.224 e. The van der Waals surface area contributed by atoms with Crippen LogP contribution in [-0.4, -0.2) is 41.9 Å². The molecular weight excluding hydrogens is 210 g/mol. The van der Waals surface area contributed by atoms with Gasteiger partial charge in [-0.15, -0.1) is 0 Å². The van der Waals surface area contributed by atoms with Gasteiger partial charge < -0.3 is 19.9 Å². The average Bonchev–Trinajstić information content (AvgIpc) is 2.28. The van der Waals surface area contributed by atoms with Crippen molar-refractivity contribution < 1.29 is 14.6 Å². The summed E-state index contributed by atoms with van der Waals surface area (Å²) in [6, 6.07) is 0. The summed E-state index contributed by atoms with van der Waals surface area (Å²) < 4.78 is 10.2. The lowest BCUT2D eigenvalue weighted by Gasteiger charge is -2.12. The molecule has 6 nitrogen and oxygen atoms in total.